The predicted molar refractivity (Wildman–Crippen MR) is 115 cm³/mol. The first-order valence-corrected chi connectivity index (χ1v) is 11.6. The second kappa shape index (κ2) is 9.41. The van der Waals surface area contributed by atoms with Crippen LogP contribution >= 0.6 is 11.3 Å². The zero-order valence-corrected chi connectivity index (χ0v) is 18.5. The molecule has 9 nitrogen and oxygen atoms in total. The van der Waals surface area contributed by atoms with Gasteiger partial charge >= 0.3 is 5.97 Å². The SMILES string of the molecule is CCOc1ccc(C(=O)N=c2sc3cc(S(N)(=O)=O)ccc3n2CCC(=O)OC)cc1. The van der Waals surface area contributed by atoms with Crippen LogP contribution in [0.5, 0.6) is 5.75 Å². The van der Waals surface area contributed by atoms with Gasteiger partial charge in [-0.1, -0.05) is 11.3 Å². The van der Waals surface area contributed by atoms with Gasteiger partial charge < -0.3 is 14.0 Å². The zero-order chi connectivity index (χ0) is 22.6. The van der Waals surface area contributed by atoms with E-state index < -0.39 is 21.9 Å². The summed E-state index contributed by atoms with van der Waals surface area (Å²) in [5.41, 5.74) is 0.991. The largest absolute Gasteiger partial charge is 0.494 e. The van der Waals surface area contributed by atoms with Crippen LogP contribution in [0.25, 0.3) is 10.2 Å². The molecule has 0 spiro atoms. The molecule has 0 saturated carbocycles. The number of carbonyl (C=O) groups is 2. The smallest absolute Gasteiger partial charge is 0.307 e. The van der Waals surface area contributed by atoms with E-state index in [9.17, 15) is 18.0 Å². The number of aryl methyl sites for hydroxylation is 1. The Hall–Kier alpha value is -3.02. The first kappa shape index (κ1) is 22.7. The molecule has 2 aromatic carbocycles. The lowest BCUT2D eigenvalue weighted by Crippen LogP contribution is -2.19. The number of rotatable bonds is 7. The van der Waals surface area contributed by atoms with Crippen LogP contribution in [0.2, 0.25) is 0 Å². The summed E-state index contributed by atoms with van der Waals surface area (Å²) in [6.07, 6.45) is 0.0592. The van der Waals surface area contributed by atoms with E-state index in [4.69, 9.17) is 14.6 Å². The number of nitrogens with two attached hydrogens (primary N) is 1. The lowest BCUT2D eigenvalue weighted by atomic mass is 10.2. The van der Waals surface area contributed by atoms with Gasteiger partial charge in [0, 0.05) is 12.1 Å². The summed E-state index contributed by atoms with van der Waals surface area (Å²) in [4.78, 5) is 28.8. The van der Waals surface area contributed by atoms with Crippen molar-refractivity contribution in [2.24, 2.45) is 10.1 Å². The van der Waals surface area contributed by atoms with Gasteiger partial charge in [0.15, 0.2) is 4.80 Å². The molecule has 0 unspecified atom stereocenters. The quantitative estimate of drug-likeness (QED) is 0.534. The molecule has 0 bridgehead atoms. The number of nitrogens with zero attached hydrogens (tertiary/aromatic N) is 2. The van der Waals surface area contributed by atoms with Gasteiger partial charge in [0.25, 0.3) is 5.91 Å². The van der Waals surface area contributed by atoms with Crippen LogP contribution in [0.4, 0.5) is 0 Å². The van der Waals surface area contributed by atoms with Crippen LogP contribution in [0.1, 0.15) is 23.7 Å². The Bertz CT molecular complexity index is 1290. The molecule has 31 heavy (non-hydrogen) atoms. The Morgan fingerprint density at radius 3 is 2.48 bits per heavy atom. The molecule has 0 aliphatic rings. The second-order valence-corrected chi connectivity index (χ2v) is 8.98. The molecule has 164 valence electrons. The maximum absolute atomic E-state index is 12.7. The molecule has 2 N–H and O–H groups in total. The van der Waals surface area contributed by atoms with E-state index in [1.807, 2.05) is 6.92 Å². The van der Waals surface area contributed by atoms with Crippen LogP contribution < -0.4 is 14.7 Å². The van der Waals surface area contributed by atoms with E-state index in [1.165, 1.54) is 19.2 Å². The average molecular weight is 464 g/mol. The molecule has 1 aromatic heterocycles. The van der Waals surface area contributed by atoms with Gasteiger partial charge in [0.05, 0.1) is 35.2 Å². The van der Waals surface area contributed by atoms with Crippen LogP contribution in [-0.2, 0) is 26.1 Å². The summed E-state index contributed by atoms with van der Waals surface area (Å²) in [6, 6.07) is 11.0. The van der Waals surface area contributed by atoms with Crippen molar-refractivity contribution in [3.8, 4) is 5.75 Å². The Labute approximate surface area is 182 Å². The van der Waals surface area contributed by atoms with Crippen molar-refractivity contribution in [1.82, 2.24) is 4.57 Å². The highest BCUT2D eigenvalue weighted by Crippen LogP contribution is 2.22. The van der Waals surface area contributed by atoms with E-state index >= 15 is 0 Å². The van der Waals surface area contributed by atoms with E-state index in [2.05, 4.69) is 4.99 Å². The second-order valence-electron chi connectivity index (χ2n) is 6.41. The third-order valence-electron chi connectivity index (χ3n) is 4.36. The number of hydrogen-bond donors (Lipinski definition) is 1. The number of thiazole rings is 1. The van der Waals surface area contributed by atoms with E-state index in [1.54, 1.807) is 34.9 Å². The Kier molecular flexibility index (Phi) is 6.88. The number of aromatic nitrogens is 1. The number of fused-ring (bicyclic) bond motifs is 1. The number of ether oxygens (including phenoxy) is 2. The number of amides is 1. The molecule has 3 aromatic rings. The van der Waals surface area contributed by atoms with Gasteiger partial charge in [-0.15, -0.1) is 0 Å². The van der Waals surface area contributed by atoms with E-state index in [0.29, 0.717) is 32.9 Å². The van der Waals surface area contributed by atoms with E-state index in [0.717, 1.165) is 11.3 Å². The highest BCUT2D eigenvalue weighted by molar-refractivity contribution is 7.89. The summed E-state index contributed by atoms with van der Waals surface area (Å²) >= 11 is 1.13. The van der Waals surface area contributed by atoms with Crippen LogP contribution in [0.3, 0.4) is 0 Å². The number of esters is 1. The van der Waals surface area contributed by atoms with Crippen molar-refractivity contribution in [2.75, 3.05) is 13.7 Å². The number of sulfonamides is 1. The number of benzene rings is 2. The van der Waals surface area contributed by atoms with Crippen molar-refractivity contribution in [2.45, 2.75) is 24.8 Å². The molecule has 0 fully saturated rings. The summed E-state index contributed by atoms with van der Waals surface area (Å²) in [5, 5.41) is 5.22. The fourth-order valence-electron chi connectivity index (χ4n) is 2.85. The number of primary sulfonamides is 1. The summed E-state index contributed by atoms with van der Waals surface area (Å²) in [6.45, 7) is 2.58. The van der Waals surface area contributed by atoms with Crippen molar-refractivity contribution >= 4 is 43.5 Å². The Morgan fingerprint density at radius 2 is 1.87 bits per heavy atom. The number of carbonyl (C=O) groups excluding carboxylic acids is 2. The van der Waals surface area contributed by atoms with Gasteiger partial charge in [-0.3, -0.25) is 9.59 Å². The average Bonchev–Trinajstić information content (AvgIpc) is 3.08. The first-order valence-electron chi connectivity index (χ1n) is 9.28. The molecule has 0 aliphatic heterocycles. The monoisotopic (exact) mass is 463 g/mol. The maximum atomic E-state index is 12.7. The van der Waals surface area contributed by atoms with Gasteiger partial charge in [0.2, 0.25) is 10.0 Å². The third kappa shape index (κ3) is 5.37. The molecule has 0 aliphatic carbocycles. The minimum Gasteiger partial charge on any atom is -0.494 e. The first-order chi connectivity index (χ1) is 14.7. The summed E-state index contributed by atoms with van der Waals surface area (Å²) in [7, 11) is -2.60. The Morgan fingerprint density at radius 1 is 1.16 bits per heavy atom. The maximum Gasteiger partial charge on any atom is 0.307 e. The zero-order valence-electron chi connectivity index (χ0n) is 16.9. The Balaban J connectivity index is 2.07. The standard InChI is InChI=1S/C20H21N3O6S2/c1-3-29-14-6-4-13(5-7-14)19(25)22-20-23(11-10-18(24)28-2)16-9-8-15(31(21,26)27)12-17(16)30-20/h4-9,12H,3,10-11H2,1-2H3,(H2,21,26,27). The van der Waals surface area contributed by atoms with Crippen molar-refractivity contribution in [1.29, 1.82) is 0 Å². The minimum absolute atomic E-state index is 0.0502. The van der Waals surface area contributed by atoms with Crippen molar-refractivity contribution < 1.29 is 27.5 Å². The van der Waals surface area contributed by atoms with Crippen molar-refractivity contribution in [3.05, 3.63) is 52.8 Å². The molecule has 1 amide bonds. The van der Waals surface area contributed by atoms with Crippen LogP contribution in [0.15, 0.2) is 52.4 Å². The molecule has 0 atom stereocenters. The normalized spacial score (nSPS) is 12.2. The van der Waals surface area contributed by atoms with Gasteiger partial charge in [-0.05, 0) is 49.4 Å². The fourth-order valence-corrected chi connectivity index (χ4v) is 4.56. The molecule has 1 heterocycles. The highest BCUT2D eigenvalue weighted by Gasteiger charge is 2.15. The molecule has 0 radical (unpaired) electrons. The minimum atomic E-state index is -3.89. The van der Waals surface area contributed by atoms with Gasteiger partial charge in [0.1, 0.15) is 5.75 Å². The van der Waals surface area contributed by atoms with Crippen LogP contribution in [-0.4, -0.2) is 38.6 Å². The van der Waals surface area contributed by atoms with Crippen molar-refractivity contribution in [3.63, 3.8) is 0 Å². The lowest BCUT2D eigenvalue weighted by Gasteiger charge is -2.05. The molecule has 0 saturated heterocycles. The molecular weight excluding hydrogens is 442 g/mol. The third-order valence-corrected chi connectivity index (χ3v) is 6.31. The highest BCUT2D eigenvalue weighted by atomic mass is 32.2. The summed E-state index contributed by atoms with van der Waals surface area (Å²) < 4.78 is 35.7. The predicted octanol–water partition coefficient (Wildman–Crippen LogP) is 2.05. The van der Waals surface area contributed by atoms with Gasteiger partial charge in [-0.25, -0.2) is 13.6 Å². The lowest BCUT2D eigenvalue weighted by molar-refractivity contribution is -0.140. The summed E-state index contributed by atoms with van der Waals surface area (Å²) in [5.74, 6) is -0.255. The number of hydrogen-bond acceptors (Lipinski definition) is 7. The topological polar surface area (TPSA) is 130 Å². The molecular formula is C20H21N3O6S2. The molecule has 3 rings (SSSR count). The molecule has 11 heteroatoms. The fraction of sp³-hybridized carbons (Fsp3) is 0.250. The number of methoxy groups -OCH3 is 1. The van der Waals surface area contributed by atoms with Gasteiger partial charge in [-0.2, -0.15) is 4.99 Å². The van der Waals surface area contributed by atoms with Crippen LogP contribution in [0, 0.1) is 0 Å². The van der Waals surface area contributed by atoms with E-state index in [-0.39, 0.29) is 17.9 Å².